The van der Waals surface area contributed by atoms with Crippen molar-refractivity contribution in [3.8, 4) is 0 Å². The molecule has 3 N–H and O–H groups in total. The Morgan fingerprint density at radius 1 is 1.14 bits per heavy atom. The number of hydrogen-bond donors (Lipinski definition) is 2. The van der Waals surface area contributed by atoms with Gasteiger partial charge in [0, 0.05) is 12.0 Å². The first-order valence-electron chi connectivity index (χ1n) is 6.60. The molecule has 110 valence electrons. The maximum absolute atomic E-state index is 12.3. The molecule has 0 amide bonds. The first kappa shape index (κ1) is 14.4. The van der Waals surface area contributed by atoms with Crippen molar-refractivity contribution < 1.29 is 8.42 Å². The molecule has 0 saturated heterocycles. The number of nitrogens with one attached hydrogen (secondary N) is 1. The van der Waals surface area contributed by atoms with Crippen molar-refractivity contribution in [1.29, 1.82) is 0 Å². The zero-order valence-electron chi connectivity index (χ0n) is 11.2. The summed E-state index contributed by atoms with van der Waals surface area (Å²) in [5, 5.41) is 0.350. The van der Waals surface area contributed by atoms with E-state index in [-0.39, 0.29) is 22.5 Å². The molecule has 4 nitrogen and oxygen atoms in total. The molecule has 0 spiro atoms. The van der Waals surface area contributed by atoms with Gasteiger partial charge in [-0.15, -0.1) is 0 Å². The van der Waals surface area contributed by atoms with Crippen molar-refractivity contribution in [2.75, 3.05) is 5.73 Å². The molecule has 0 radical (unpaired) electrons. The number of nitrogen functional groups attached to an aromatic ring is 1. The molecule has 1 saturated carbocycles. The van der Waals surface area contributed by atoms with Gasteiger partial charge in [0.15, 0.2) is 0 Å². The van der Waals surface area contributed by atoms with Gasteiger partial charge in [0.2, 0.25) is 10.0 Å². The van der Waals surface area contributed by atoms with Gasteiger partial charge < -0.3 is 5.73 Å². The topological polar surface area (TPSA) is 72.2 Å². The second-order valence-corrected chi connectivity index (χ2v) is 7.29. The van der Waals surface area contributed by atoms with Crippen molar-refractivity contribution in [1.82, 2.24) is 4.72 Å². The molecule has 0 aromatic heterocycles. The fourth-order valence-corrected chi connectivity index (χ4v) is 3.79. The van der Waals surface area contributed by atoms with Crippen LogP contribution in [-0.4, -0.2) is 14.5 Å². The van der Waals surface area contributed by atoms with Gasteiger partial charge in [-0.05, 0) is 30.2 Å². The van der Waals surface area contributed by atoms with Gasteiger partial charge in [0.05, 0.1) is 15.6 Å². The summed E-state index contributed by atoms with van der Waals surface area (Å²) in [5.41, 5.74) is 7.07. The maximum Gasteiger partial charge on any atom is 0.240 e. The SMILES string of the molecule is Nc1cc(S(=O)(=O)NC2CC2c2ccccc2)ccc1Cl. The highest BCUT2D eigenvalue weighted by Crippen LogP contribution is 2.41. The molecular formula is C15H15ClN2O2S. The van der Waals surface area contributed by atoms with Gasteiger partial charge in [-0.25, -0.2) is 13.1 Å². The smallest absolute Gasteiger partial charge is 0.240 e. The molecule has 2 unspecified atom stereocenters. The molecule has 1 aliphatic rings. The second kappa shape index (κ2) is 5.33. The Kier molecular flexibility index (Phi) is 3.65. The van der Waals surface area contributed by atoms with E-state index in [0.29, 0.717) is 5.02 Å². The maximum atomic E-state index is 12.3. The van der Waals surface area contributed by atoms with Crippen LogP contribution in [0, 0.1) is 0 Å². The summed E-state index contributed by atoms with van der Waals surface area (Å²) in [5.74, 6) is 0.241. The van der Waals surface area contributed by atoms with Gasteiger partial charge in [-0.3, -0.25) is 0 Å². The van der Waals surface area contributed by atoms with Gasteiger partial charge in [-0.2, -0.15) is 0 Å². The number of sulfonamides is 1. The predicted octanol–water partition coefficient (Wildman–Crippen LogP) is 2.76. The number of anilines is 1. The van der Waals surface area contributed by atoms with E-state index in [1.807, 2.05) is 30.3 Å². The molecule has 2 aromatic rings. The summed E-state index contributed by atoms with van der Waals surface area (Å²) in [4.78, 5) is 0.142. The van der Waals surface area contributed by atoms with Gasteiger partial charge in [0.1, 0.15) is 0 Å². The largest absolute Gasteiger partial charge is 0.397 e. The monoisotopic (exact) mass is 322 g/mol. The summed E-state index contributed by atoms with van der Waals surface area (Å²) < 4.78 is 27.3. The van der Waals surface area contributed by atoms with Crippen molar-refractivity contribution in [2.45, 2.75) is 23.3 Å². The Labute approximate surface area is 129 Å². The van der Waals surface area contributed by atoms with Crippen LogP contribution in [0.5, 0.6) is 0 Å². The highest BCUT2D eigenvalue weighted by Gasteiger charge is 2.41. The van der Waals surface area contributed by atoms with E-state index in [9.17, 15) is 8.42 Å². The highest BCUT2D eigenvalue weighted by atomic mass is 35.5. The Bertz CT molecular complexity index is 762. The molecule has 0 aliphatic heterocycles. The molecule has 1 fully saturated rings. The minimum Gasteiger partial charge on any atom is -0.397 e. The first-order valence-corrected chi connectivity index (χ1v) is 8.46. The van der Waals surface area contributed by atoms with Crippen molar-refractivity contribution >= 4 is 27.3 Å². The molecule has 2 aromatic carbocycles. The van der Waals surface area contributed by atoms with E-state index in [1.54, 1.807) is 0 Å². The number of halogens is 1. The average molecular weight is 323 g/mol. The van der Waals surface area contributed by atoms with E-state index in [2.05, 4.69) is 4.72 Å². The minimum atomic E-state index is -3.57. The highest BCUT2D eigenvalue weighted by molar-refractivity contribution is 7.89. The molecular weight excluding hydrogens is 308 g/mol. The molecule has 6 heteroatoms. The van der Waals surface area contributed by atoms with Crippen LogP contribution < -0.4 is 10.5 Å². The van der Waals surface area contributed by atoms with E-state index in [4.69, 9.17) is 17.3 Å². The Morgan fingerprint density at radius 2 is 1.86 bits per heavy atom. The summed E-state index contributed by atoms with van der Waals surface area (Å²) in [6, 6.07) is 14.2. The number of rotatable bonds is 4. The summed E-state index contributed by atoms with van der Waals surface area (Å²) in [7, 11) is -3.57. The quantitative estimate of drug-likeness (QED) is 0.850. The lowest BCUT2D eigenvalue weighted by Crippen LogP contribution is -2.26. The molecule has 1 aliphatic carbocycles. The third-order valence-electron chi connectivity index (χ3n) is 3.60. The van der Waals surface area contributed by atoms with Crippen molar-refractivity contribution in [3.05, 3.63) is 59.1 Å². The lowest BCUT2D eigenvalue weighted by Gasteiger charge is -2.08. The predicted molar refractivity (Wildman–Crippen MR) is 83.8 cm³/mol. The molecule has 2 atom stereocenters. The Morgan fingerprint density at radius 3 is 2.52 bits per heavy atom. The van der Waals surface area contributed by atoms with E-state index in [1.165, 1.54) is 18.2 Å². The van der Waals surface area contributed by atoms with Crippen molar-refractivity contribution in [2.24, 2.45) is 0 Å². The van der Waals surface area contributed by atoms with Gasteiger partial charge in [-0.1, -0.05) is 41.9 Å². The van der Waals surface area contributed by atoms with Crippen LogP contribution in [0.3, 0.4) is 0 Å². The molecule has 0 bridgehead atoms. The third kappa shape index (κ3) is 3.05. The first-order chi connectivity index (χ1) is 9.97. The molecule has 21 heavy (non-hydrogen) atoms. The Balaban J connectivity index is 1.75. The zero-order chi connectivity index (χ0) is 15.0. The summed E-state index contributed by atoms with van der Waals surface area (Å²) >= 11 is 5.81. The summed E-state index contributed by atoms with van der Waals surface area (Å²) in [6.45, 7) is 0. The number of nitrogens with two attached hydrogens (primary N) is 1. The normalized spacial score (nSPS) is 21.2. The number of benzene rings is 2. The third-order valence-corrected chi connectivity index (χ3v) is 5.43. The van der Waals surface area contributed by atoms with E-state index >= 15 is 0 Å². The van der Waals surface area contributed by atoms with Crippen LogP contribution in [0.2, 0.25) is 5.02 Å². The second-order valence-electron chi connectivity index (χ2n) is 5.16. The van der Waals surface area contributed by atoms with Crippen molar-refractivity contribution in [3.63, 3.8) is 0 Å². The van der Waals surface area contributed by atoms with Crippen LogP contribution in [0.25, 0.3) is 0 Å². The van der Waals surface area contributed by atoms with Crippen LogP contribution >= 0.6 is 11.6 Å². The van der Waals surface area contributed by atoms with Gasteiger partial charge >= 0.3 is 0 Å². The zero-order valence-corrected chi connectivity index (χ0v) is 12.7. The fourth-order valence-electron chi connectivity index (χ4n) is 2.35. The minimum absolute atomic E-state index is 0.0608. The van der Waals surface area contributed by atoms with Crippen LogP contribution in [-0.2, 0) is 10.0 Å². The lowest BCUT2D eigenvalue weighted by molar-refractivity contribution is 0.580. The van der Waals surface area contributed by atoms with Gasteiger partial charge in [0.25, 0.3) is 0 Å². The molecule has 0 heterocycles. The summed E-state index contributed by atoms with van der Waals surface area (Å²) in [6.07, 6.45) is 0.812. The number of hydrogen-bond acceptors (Lipinski definition) is 3. The van der Waals surface area contributed by atoms with E-state index < -0.39 is 10.0 Å². The van der Waals surface area contributed by atoms with Crippen LogP contribution in [0.1, 0.15) is 17.9 Å². The Hall–Kier alpha value is -1.56. The lowest BCUT2D eigenvalue weighted by atomic mass is 10.1. The molecule has 3 rings (SSSR count). The van der Waals surface area contributed by atoms with E-state index in [0.717, 1.165) is 12.0 Å². The fraction of sp³-hybridized carbons (Fsp3) is 0.200. The van der Waals surface area contributed by atoms with Crippen LogP contribution in [0.15, 0.2) is 53.4 Å². The standard InChI is InChI=1S/C15H15ClN2O2S/c16-13-7-6-11(8-14(13)17)21(19,20)18-15-9-12(15)10-4-2-1-3-5-10/h1-8,12,15,18H,9,17H2. The van der Waals surface area contributed by atoms with Crippen LogP contribution in [0.4, 0.5) is 5.69 Å². The average Bonchev–Trinajstić information content (AvgIpc) is 3.21.